The van der Waals surface area contributed by atoms with Gasteiger partial charge in [0.2, 0.25) is 11.8 Å². The summed E-state index contributed by atoms with van der Waals surface area (Å²) in [4.78, 5) is 3.50. The molecular weight excluding hydrogens is 448 g/mol. The van der Waals surface area contributed by atoms with Gasteiger partial charge in [-0.05, 0) is 36.4 Å². The molecule has 0 unspecified atom stereocenters. The summed E-state index contributed by atoms with van der Waals surface area (Å²) in [6.07, 6.45) is 0. The van der Waals surface area contributed by atoms with E-state index in [0.717, 1.165) is 33.8 Å². The van der Waals surface area contributed by atoms with Crippen LogP contribution in [-0.2, 0) is 0 Å². The van der Waals surface area contributed by atoms with Gasteiger partial charge >= 0.3 is 0 Å². The van der Waals surface area contributed by atoms with Crippen molar-refractivity contribution in [2.24, 2.45) is 0 Å². The second-order valence-electron chi connectivity index (χ2n) is 8.03. The molecule has 36 heavy (non-hydrogen) atoms. The number of benzene rings is 4. The predicted molar refractivity (Wildman–Crippen MR) is 137 cm³/mol. The maximum atomic E-state index is 7.26. The highest BCUT2D eigenvalue weighted by Crippen LogP contribution is 2.31. The molecule has 170 valence electrons. The van der Waals surface area contributed by atoms with E-state index in [1.165, 1.54) is 0 Å². The molecule has 0 amide bonds. The van der Waals surface area contributed by atoms with Crippen molar-refractivity contribution in [3.05, 3.63) is 121 Å². The van der Waals surface area contributed by atoms with Crippen molar-refractivity contribution in [3.8, 4) is 51.4 Å². The Balaban J connectivity index is 1.39. The first-order chi connectivity index (χ1) is 17.8. The Morgan fingerprint density at radius 1 is 0.528 bits per heavy atom. The van der Waals surface area contributed by atoms with Gasteiger partial charge in [0.15, 0.2) is 17.3 Å². The van der Waals surface area contributed by atoms with Crippen LogP contribution >= 0.6 is 0 Å². The minimum absolute atomic E-state index is 0.446. The van der Waals surface area contributed by atoms with Gasteiger partial charge in [0, 0.05) is 27.9 Å². The molecule has 0 aliphatic rings. The summed E-state index contributed by atoms with van der Waals surface area (Å²) in [5.41, 5.74) is 4.96. The molecule has 0 aliphatic heterocycles. The van der Waals surface area contributed by atoms with Crippen molar-refractivity contribution in [2.75, 3.05) is 0 Å². The molecule has 0 bridgehead atoms. The summed E-state index contributed by atoms with van der Waals surface area (Å²) in [6, 6.07) is 34.8. The lowest BCUT2D eigenvalue weighted by molar-refractivity contribution is 0.584. The number of aromatic nitrogens is 5. The number of hydrogen-bond acceptors (Lipinski definition) is 5. The van der Waals surface area contributed by atoms with E-state index in [1.54, 1.807) is 12.1 Å². The van der Waals surface area contributed by atoms with Crippen LogP contribution in [0.3, 0.4) is 0 Å². The molecule has 7 nitrogen and oxygen atoms in total. The quantitative estimate of drug-likeness (QED) is 0.259. The van der Waals surface area contributed by atoms with Crippen LogP contribution < -0.4 is 0 Å². The third-order valence-electron chi connectivity index (χ3n) is 5.77. The van der Waals surface area contributed by atoms with Crippen LogP contribution in [0, 0.1) is 6.57 Å². The molecule has 6 rings (SSSR count). The summed E-state index contributed by atoms with van der Waals surface area (Å²) in [7, 11) is 0. The van der Waals surface area contributed by atoms with Crippen LogP contribution in [0.15, 0.2) is 114 Å². The van der Waals surface area contributed by atoms with Crippen molar-refractivity contribution in [1.82, 2.24) is 25.0 Å². The molecule has 0 atom stereocenters. The van der Waals surface area contributed by atoms with E-state index in [9.17, 15) is 0 Å². The Labute approximate surface area is 207 Å². The normalized spacial score (nSPS) is 10.8. The Kier molecular flexibility index (Phi) is 5.37. The maximum absolute atomic E-state index is 7.26. The van der Waals surface area contributed by atoms with Gasteiger partial charge in [0.25, 0.3) is 0 Å². The van der Waals surface area contributed by atoms with Gasteiger partial charge in [0.1, 0.15) is 0 Å². The SMILES string of the molecule is [C-]#[N+]c1ccc(-n2c(-c3ccccc3)nnc2-c2ccc(-c3nnc(-c4ccccc4)o3)cc2)cc1. The van der Waals surface area contributed by atoms with E-state index in [0.29, 0.717) is 23.3 Å². The number of nitrogens with zero attached hydrogens (tertiary/aromatic N) is 6. The Morgan fingerprint density at radius 2 is 1.00 bits per heavy atom. The Hall–Kier alpha value is -5.35. The van der Waals surface area contributed by atoms with E-state index >= 15 is 0 Å². The van der Waals surface area contributed by atoms with Crippen LogP contribution in [0.5, 0.6) is 0 Å². The fraction of sp³-hybridized carbons (Fsp3) is 0. The van der Waals surface area contributed by atoms with Crippen molar-refractivity contribution < 1.29 is 4.42 Å². The molecule has 0 N–H and O–H groups in total. The second-order valence-corrected chi connectivity index (χ2v) is 8.03. The van der Waals surface area contributed by atoms with Crippen molar-refractivity contribution >= 4 is 5.69 Å². The Morgan fingerprint density at radius 3 is 1.56 bits per heavy atom. The minimum atomic E-state index is 0.446. The fourth-order valence-electron chi connectivity index (χ4n) is 3.97. The lowest BCUT2D eigenvalue weighted by Gasteiger charge is -2.11. The van der Waals surface area contributed by atoms with Gasteiger partial charge in [-0.3, -0.25) is 4.57 Å². The summed E-state index contributed by atoms with van der Waals surface area (Å²) in [6.45, 7) is 7.26. The molecule has 0 aliphatic carbocycles. The smallest absolute Gasteiger partial charge is 0.248 e. The molecule has 2 aromatic heterocycles. The molecular formula is C29H18N6O. The number of hydrogen-bond donors (Lipinski definition) is 0. The first-order valence-corrected chi connectivity index (χ1v) is 11.3. The van der Waals surface area contributed by atoms with Gasteiger partial charge in [-0.2, -0.15) is 0 Å². The summed E-state index contributed by atoms with van der Waals surface area (Å²) in [5.74, 6) is 2.33. The average Bonchev–Trinajstić information content (AvgIpc) is 3.63. The van der Waals surface area contributed by atoms with E-state index in [4.69, 9.17) is 11.0 Å². The second kappa shape index (κ2) is 9.12. The van der Waals surface area contributed by atoms with Crippen LogP contribution in [0.25, 0.3) is 56.2 Å². The maximum Gasteiger partial charge on any atom is 0.248 e. The van der Waals surface area contributed by atoms with Gasteiger partial charge in [0.05, 0.1) is 6.57 Å². The van der Waals surface area contributed by atoms with Gasteiger partial charge in [-0.25, -0.2) is 4.85 Å². The molecule has 2 heterocycles. The number of rotatable bonds is 5. The zero-order valence-electron chi connectivity index (χ0n) is 19.0. The summed E-state index contributed by atoms with van der Waals surface area (Å²) >= 11 is 0. The van der Waals surface area contributed by atoms with Crippen molar-refractivity contribution in [3.63, 3.8) is 0 Å². The van der Waals surface area contributed by atoms with E-state index in [1.807, 2.05) is 102 Å². The molecule has 0 saturated heterocycles. The van der Waals surface area contributed by atoms with Crippen molar-refractivity contribution in [2.45, 2.75) is 0 Å². The van der Waals surface area contributed by atoms with Gasteiger partial charge < -0.3 is 4.42 Å². The van der Waals surface area contributed by atoms with Gasteiger partial charge in [-0.1, -0.05) is 72.8 Å². The largest absolute Gasteiger partial charge is 0.416 e. The first kappa shape index (κ1) is 21.2. The van der Waals surface area contributed by atoms with E-state index in [2.05, 4.69) is 25.2 Å². The van der Waals surface area contributed by atoms with Crippen LogP contribution in [0.1, 0.15) is 0 Å². The monoisotopic (exact) mass is 466 g/mol. The summed E-state index contributed by atoms with van der Waals surface area (Å²) in [5, 5.41) is 17.4. The van der Waals surface area contributed by atoms with E-state index < -0.39 is 0 Å². The standard InChI is InChI=1S/C29H18N6O/c1-30-24-16-18-25(19-17-24)35-26(20-8-4-2-5-9-20)31-32-27(35)21-12-14-23(15-13-21)29-34-33-28(36-29)22-10-6-3-7-11-22/h2-19H. The molecule has 6 aromatic rings. The molecule has 4 aromatic carbocycles. The fourth-order valence-corrected chi connectivity index (χ4v) is 3.97. The van der Waals surface area contributed by atoms with Crippen LogP contribution in [0.2, 0.25) is 0 Å². The lowest BCUT2D eigenvalue weighted by Crippen LogP contribution is -2.00. The molecule has 0 spiro atoms. The minimum Gasteiger partial charge on any atom is -0.416 e. The highest BCUT2D eigenvalue weighted by molar-refractivity contribution is 5.69. The van der Waals surface area contributed by atoms with Crippen LogP contribution in [-0.4, -0.2) is 25.0 Å². The zero-order chi connectivity index (χ0) is 24.3. The molecule has 0 fully saturated rings. The Bertz CT molecular complexity index is 1660. The zero-order valence-corrected chi connectivity index (χ0v) is 19.0. The third-order valence-corrected chi connectivity index (χ3v) is 5.77. The molecule has 0 radical (unpaired) electrons. The molecule has 7 heteroatoms. The van der Waals surface area contributed by atoms with Crippen molar-refractivity contribution in [1.29, 1.82) is 0 Å². The van der Waals surface area contributed by atoms with Crippen LogP contribution in [0.4, 0.5) is 5.69 Å². The highest BCUT2D eigenvalue weighted by Gasteiger charge is 2.18. The predicted octanol–water partition coefficient (Wildman–Crippen LogP) is 6.87. The summed E-state index contributed by atoms with van der Waals surface area (Å²) < 4.78 is 7.90. The lowest BCUT2D eigenvalue weighted by atomic mass is 10.1. The van der Waals surface area contributed by atoms with Gasteiger partial charge in [-0.15, -0.1) is 20.4 Å². The molecule has 0 saturated carbocycles. The topological polar surface area (TPSA) is 74.0 Å². The van der Waals surface area contributed by atoms with E-state index in [-0.39, 0.29) is 0 Å². The highest BCUT2D eigenvalue weighted by atomic mass is 16.4. The average molecular weight is 467 g/mol. The third kappa shape index (κ3) is 3.93. The first-order valence-electron chi connectivity index (χ1n) is 11.3.